The quantitative estimate of drug-likeness (QED) is 0.795. The first-order chi connectivity index (χ1) is 9.02. The third-order valence-electron chi connectivity index (χ3n) is 2.50. The smallest absolute Gasteiger partial charge is 0.346 e. The van der Waals surface area contributed by atoms with Crippen molar-refractivity contribution in [3.05, 3.63) is 51.8 Å². The number of halogens is 1. The van der Waals surface area contributed by atoms with E-state index in [1.807, 2.05) is 0 Å². The third-order valence-corrected chi connectivity index (χ3v) is 2.50. The number of nitrogen functional groups attached to an aromatic ring is 1. The number of hydrogen-bond donors (Lipinski definition) is 2. The Balaban J connectivity index is 2.44. The number of benzene rings is 1. The van der Waals surface area contributed by atoms with E-state index >= 15 is 0 Å². The average Bonchev–Trinajstić information content (AvgIpc) is 2.38. The van der Waals surface area contributed by atoms with E-state index in [0.29, 0.717) is 0 Å². The van der Waals surface area contributed by atoms with Crippen molar-refractivity contribution in [1.29, 1.82) is 0 Å². The van der Waals surface area contributed by atoms with Gasteiger partial charge >= 0.3 is 5.69 Å². The first-order valence-electron chi connectivity index (χ1n) is 5.26. The molecule has 1 aromatic heterocycles. The lowest BCUT2D eigenvalue weighted by molar-refractivity contribution is 0.103. The van der Waals surface area contributed by atoms with Gasteiger partial charge in [-0.3, -0.25) is 9.78 Å². The Morgan fingerprint density at radius 3 is 2.79 bits per heavy atom. The second-order valence-electron chi connectivity index (χ2n) is 3.69. The first-order valence-corrected chi connectivity index (χ1v) is 5.26. The fraction of sp³-hybridized carbons (Fsp3) is 0.0833. The lowest BCUT2D eigenvalue weighted by Crippen LogP contribution is -2.17. The molecule has 0 saturated heterocycles. The Hall–Kier alpha value is -2.70. The molecular weight excluding hydrogens is 253 g/mol. The molecule has 0 spiro atoms. The highest BCUT2D eigenvalue weighted by Crippen LogP contribution is 2.20. The molecule has 0 amide bonds. The van der Waals surface area contributed by atoms with Crippen LogP contribution in [0.4, 0.5) is 10.2 Å². The molecule has 0 unspecified atom stereocenters. The molecule has 6 nitrogen and oxygen atoms in total. The maximum absolute atomic E-state index is 13.5. The molecule has 2 aromatic rings. The number of carbonyl (C=O) groups excluding carboxylic acids is 1. The van der Waals surface area contributed by atoms with E-state index in [9.17, 15) is 14.0 Å². The number of aromatic amines is 1. The van der Waals surface area contributed by atoms with Crippen molar-refractivity contribution in [2.75, 3.05) is 12.8 Å². The van der Waals surface area contributed by atoms with E-state index in [4.69, 9.17) is 10.5 Å². The fourth-order valence-electron chi connectivity index (χ4n) is 1.55. The minimum Gasteiger partial charge on any atom is -0.494 e. The summed E-state index contributed by atoms with van der Waals surface area (Å²) in [5.74, 6) is -1.28. The molecular formula is C12H10FN3O3. The van der Waals surface area contributed by atoms with Gasteiger partial charge < -0.3 is 10.5 Å². The summed E-state index contributed by atoms with van der Waals surface area (Å²) in [5.41, 5.74) is 4.95. The Morgan fingerprint density at radius 1 is 1.47 bits per heavy atom. The summed E-state index contributed by atoms with van der Waals surface area (Å²) in [7, 11) is 1.32. The van der Waals surface area contributed by atoms with Gasteiger partial charge in [-0.2, -0.15) is 0 Å². The fourth-order valence-corrected chi connectivity index (χ4v) is 1.55. The van der Waals surface area contributed by atoms with Crippen LogP contribution in [0.1, 0.15) is 15.9 Å². The molecule has 1 aromatic carbocycles. The number of methoxy groups -OCH3 is 1. The molecule has 0 bridgehead atoms. The van der Waals surface area contributed by atoms with Gasteiger partial charge in [0, 0.05) is 11.8 Å². The number of rotatable bonds is 3. The van der Waals surface area contributed by atoms with Gasteiger partial charge in [-0.25, -0.2) is 14.2 Å². The zero-order valence-corrected chi connectivity index (χ0v) is 9.94. The molecule has 7 heteroatoms. The van der Waals surface area contributed by atoms with Crippen molar-refractivity contribution in [2.45, 2.75) is 0 Å². The number of aromatic nitrogens is 2. The maximum Gasteiger partial charge on any atom is 0.346 e. The van der Waals surface area contributed by atoms with E-state index in [1.54, 1.807) is 0 Å². The highest BCUT2D eigenvalue weighted by Gasteiger charge is 2.15. The van der Waals surface area contributed by atoms with E-state index in [-0.39, 0.29) is 22.7 Å². The number of H-pyrrole nitrogens is 1. The van der Waals surface area contributed by atoms with Crippen molar-refractivity contribution in [2.24, 2.45) is 0 Å². The van der Waals surface area contributed by atoms with Crippen molar-refractivity contribution in [3.8, 4) is 5.75 Å². The summed E-state index contributed by atoms with van der Waals surface area (Å²) in [6.07, 6.45) is 1.05. The molecule has 3 N–H and O–H groups in total. The van der Waals surface area contributed by atoms with E-state index in [2.05, 4.69) is 9.97 Å². The predicted molar refractivity (Wildman–Crippen MR) is 65.7 cm³/mol. The van der Waals surface area contributed by atoms with Gasteiger partial charge in [-0.15, -0.1) is 0 Å². The van der Waals surface area contributed by atoms with Crippen LogP contribution in [-0.2, 0) is 0 Å². The van der Waals surface area contributed by atoms with E-state index in [0.717, 1.165) is 12.3 Å². The van der Waals surface area contributed by atoms with Gasteiger partial charge in [-0.1, -0.05) is 0 Å². The summed E-state index contributed by atoms with van der Waals surface area (Å²) in [6.45, 7) is 0. The zero-order valence-electron chi connectivity index (χ0n) is 9.94. The maximum atomic E-state index is 13.5. The molecule has 0 aliphatic rings. The SMILES string of the molecule is COc1ccc(C(=O)c2cnc(=O)[nH]c2N)cc1F. The van der Waals surface area contributed by atoms with E-state index < -0.39 is 17.3 Å². The number of nitrogens with one attached hydrogen (secondary N) is 1. The molecule has 19 heavy (non-hydrogen) atoms. The molecule has 98 valence electrons. The number of anilines is 1. The largest absolute Gasteiger partial charge is 0.494 e. The molecule has 0 radical (unpaired) electrons. The third kappa shape index (κ3) is 2.44. The topological polar surface area (TPSA) is 98.1 Å². The van der Waals surface area contributed by atoms with Crippen LogP contribution in [-0.4, -0.2) is 22.9 Å². The van der Waals surface area contributed by atoms with Crippen molar-refractivity contribution >= 4 is 11.6 Å². The summed E-state index contributed by atoms with van der Waals surface area (Å²) in [5, 5.41) is 0. The minimum absolute atomic E-state index is 0.00386. The number of hydrogen-bond acceptors (Lipinski definition) is 5. The van der Waals surface area contributed by atoms with Crippen LogP contribution in [0.2, 0.25) is 0 Å². The number of ether oxygens (including phenoxy) is 1. The molecule has 0 atom stereocenters. The summed E-state index contributed by atoms with van der Waals surface area (Å²) in [4.78, 5) is 28.6. The monoisotopic (exact) mass is 263 g/mol. The Bertz CT molecular complexity index is 697. The van der Waals surface area contributed by atoms with E-state index in [1.165, 1.54) is 19.2 Å². The second-order valence-corrected chi connectivity index (χ2v) is 3.69. The molecule has 2 rings (SSSR count). The lowest BCUT2D eigenvalue weighted by atomic mass is 10.1. The predicted octanol–water partition coefficient (Wildman–Crippen LogP) is 0.731. The Morgan fingerprint density at radius 2 is 2.21 bits per heavy atom. The Labute approximate surface area is 107 Å². The van der Waals surface area contributed by atoms with Gasteiger partial charge in [0.05, 0.1) is 12.7 Å². The minimum atomic E-state index is -0.663. The number of ketones is 1. The van der Waals surface area contributed by atoms with Gasteiger partial charge in [-0.05, 0) is 18.2 Å². The van der Waals surface area contributed by atoms with Crippen LogP contribution in [0.5, 0.6) is 5.75 Å². The van der Waals surface area contributed by atoms with Gasteiger partial charge in [0.1, 0.15) is 5.82 Å². The van der Waals surface area contributed by atoms with Crippen LogP contribution in [0, 0.1) is 5.82 Å². The van der Waals surface area contributed by atoms with Crippen LogP contribution in [0.25, 0.3) is 0 Å². The van der Waals surface area contributed by atoms with Crippen LogP contribution < -0.4 is 16.2 Å². The highest BCUT2D eigenvalue weighted by atomic mass is 19.1. The normalized spacial score (nSPS) is 10.2. The number of carbonyl (C=O) groups is 1. The van der Waals surface area contributed by atoms with Gasteiger partial charge in [0.15, 0.2) is 17.3 Å². The molecule has 0 aliphatic carbocycles. The molecule has 0 aliphatic heterocycles. The van der Waals surface area contributed by atoms with Gasteiger partial charge in [0.2, 0.25) is 0 Å². The summed E-state index contributed by atoms with van der Waals surface area (Å²) in [6, 6.07) is 3.76. The van der Waals surface area contributed by atoms with Crippen molar-refractivity contribution < 1.29 is 13.9 Å². The summed E-state index contributed by atoms with van der Waals surface area (Å²) < 4.78 is 18.3. The van der Waals surface area contributed by atoms with Crippen molar-refractivity contribution in [1.82, 2.24) is 9.97 Å². The number of nitrogens with two attached hydrogens (primary N) is 1. The van der Waals surface area contributed by atoms with Crippen LogP contribution in [0.3, 0.4) is 0 Å². The van der Waals surface area contributed by atoms with Crippen molar-refractivity contribution in [3.63, 3.8) is 0 Å². The molecule has 0 saturated carbocycles. The highest BCUT2D eigenvalue weighted by molar-refractivity contribution is 6.11. The first kappa shape index (κ1) is 12.7. The standard InChI is InChI=1S/C12H10FN3O3/c1-19-9-3-2-6(4-8(9)13)10(17)7-5-15-12(18)16-11(7)14/h2-5H,1H3,(H3,14,15,16,18). The molecule has 0 fully saturated rings. The lowest BCUT2D eigenvalue weighted by Gasteiger charge is -2.06. The summed E-state index contributed by atoms with van der Waals surface area (Å²) >= 11 is 0. The average molecular weight is 263 g/mol. The zero-order chi connectivity index (χ0) is 14.0. The molecule has 1 heterocycles. The number of nitrogens with zero attached hydrogens (tertiary/aromatic N) is 1. The second kappa shape index (κ2) is 4.89. The van der Waals surface area contributed by atoms with Gasteiger partial charge in [0.25, 0.3) is 0 Å². The van der Waals surface area contributed by atoms with Crippen LogP contribution in [0.15, 0.2) is 29.2 Å². The van der Waals surface area contributed by atoms with Crippen LogP contribution >= 0.6 is 0 Å². The Kier molecular flexibility index (Phi) is 3.28.